The summed E-state index contributed by atoms with van der Waals surface area (Å²) >= 11 is 0. The summed E-state index contributed by atoms with van der Waals surface area (Å²) in [5.74, 6) is 0.732. The molecule has 0 radical (unpaired) electrons. The second-order valence-corrected chi connectivity index (χ2v) is 4.98. The van der Waals surface area contributed by atoms with Gasteiger partial charge in [0.05, 0.1) is 12.0 Å². The first-order valence-corrected chi connectivity index (χ1v) is 6.16. The molecule has 0 aliphatic rings. The van der Waals surface area contributed by atoms with Crippen molar-refractivity contribution in [1.29, 1.82) is 0 Å². The highest BCUT2D eigenvalue weighted by molar-refractivity contribution is 7.89. The molecule has 2 rings (SSSR count). The van der Waals surface area contributed by atoms with Crippen molar-refractivity contribution < 1.29 is 13.2 Å². The average molecular weight is 237 g/mol. The maximum Gasteiger partial charge on any atom is 0.238 e. The molecule has 0 atom stereocenters. The van der Waals surface area contributed by atoms with Crippen LogP contribution < -0.4 is 9.88 Å². The van der Waals surface area contributed by atoms with E-state index in [1.165, 1.54) is 6.07 Å². The van der Waals surface area contributed by atoms with Crippen LogP contribution in [-0.2, 0) is 10.0 Å². The van der Waals surface area contributed by atoms with E-state index in [4.69, 9.17) is 9.88 Å². The largest absolute Gasteiger partial charge is 0.497 e. The summed E-state index contributed by atoms with van der Waals surface area (Å²) in [4.78, 5) is 0.116. The average Bonchev–Trinajstić information content (AvgIpc) is 2.26. The van der Waals surface area contributed by atoms with Gasteiger partial charge in [0.2, 0.25) is 10.0 Å². The van der Waals surface area contributed by atoms with E-state index in [0.29, 0.717) is 0 Å². The SMILES string of the molecule is COc1ccc2cc(S(N)(=O)=O)ccc2c1. The first kappa shape index (κ1) is 10.9. The molecule has 2 N–H and O–H groups in total. The lowest BCUT2D eigenvalue weighted by atomic mass is 10.1. The molecule has 0 aromatic heterocycles. The third-order valence-corrected chi connectivity index (χ3v) is 3.26. The molecule has 84 valence electrons. The zero-order valence-electron chi connectivity index (χ0n) is 8.67. The zero-order chi connectivity index (χ0) is 11.8. The maximum atomic E-state index is 11.2. The first-order chi connectivity index (χ1) is 7.50. The Morgan fingerprint density at radius 1 is 1.06 bits per heavy atom. The normalized spacial score (nSPS) is 11.6. The summed E-state index contributed by atoms with van der Waals surface area (Å²) in [5.41, 5.74) is 0. The summed E-state index contributed by atoms with van der Waals surface area (Å²) in [7, 11) is -2.06. The van der Waals surface area contributed by atoms with Crippen molar-refractivity contribution in [1.82, 2.24) is 0 Å². The highest BCUT2D eigenvalue weighted by Crippen LogP contribution is 2.22. The summed E-state index contributed by atoms with van der Waals surface area (Å²) in [6.45, 7) is 0. The molecule has 0 unspecified atom stereocenters. The predicted octanol–water partition coefficient (Wildman–Crippen LogP) is 1.50. The van der Waals surface area contributed by atoms with Gasteiger partial charge >= 0.3 is 0 Å². The Bertz CT molecular complexity index is 635. The molecule has 4 nitrogen and oxygen atoms in total. The number of primary sulfonamides is 1. The number of fused-ring (bicyclic) bond motifs is 1. The fourth-order valence-electron chi connectivity index (χ4n) is 1.51. The summed E-state index contributed by atoms with van der Waals surface area (Å²) in [6.07, 6.45) is 0. The highest BCUT2D eigenvalue weighted by atomic mass is 32.2. The zero-order valence-corrected chi connectivity index (χ0v) is 9.49. The van der Waals surface area contributed by atoms with Gasteiger partial charge in [0, 0.05) is 0 Å². The number of hydrogen-bond donors (Lipinski definition) is 1. The monoisotopic (exact) mass is 237 g/mol. The van der Waals surface area contributed by atoms with Crippen LogP contribution >= 0.6 is 0 Å². The van der Waals surface area contributed by atoms with Gasteiger partial charge in [0.15, 0.2) is 0 Å². The lowest BCUT2D eigenvalue weighted by Crippen LogP contribution is -2.11. The number of nitrogens with two attached hydrogens (primary N) is 1. The van der Waals surface area contributed by atoms with E-state index in [-0.39, 0.29) is 4.90 Å². The van der Waals surface area contributed by atoms with Crippen LogP contribution in [0.25, 0.3) is 10.8 Å². The molecule has 2 aromatic carbocycles. The minimum Gasteiger partial charge on any atom is -0.497 e. The molecule has 0 aliphatic heterocycles. The molecule has 0 amide bonds. The fraction of sp³-hybridized carbons (Fsp3) is 0.0909. The number of methoxy groups -OCH3 is 1. The number of ether oxygens (including phenoxy) is 1. The minimum absolute atomic E-state index is 0.116. The van der Waals surface area contributed by atoms with Crippen molar-refractivity contribution in [3.8, 4) is 5.75 Å². The molecule has 0 heterocycles. The summed E-state index contributed by atoms with van der Waals surface area (Å²) in [5, 5.41) is 6.77. The molecule has 0 saturated heterocycles. The van der Waals surface area contributed by atoms with Gasteiger partial charge < -0.3 is 4.74 Å². The van der Waals surface area contributed by atoms with Gasteiger partial charge in [0.25, 0.3) is 0 Å². The Morgan fingerprint density at radius 2 is 1.69 bits per heavy atom. The van der Waals surface area contributed by atoms with Crippen LogP contribution in [0.15, 0.2) is 41.3 Å². The second kappa shape index (κ2) is 3.77. The second-order valence-electron chi connectivity index (χ2n) is 3.42. The Hall–Kier alpha value is -1.59. The van der Waals surface area contributed by atoms with Crippen LogP contribution in [0.5, 0.6) is 5.75 Å². The number of hydrogen-bond acceptors (Lipinski definition) is 3. The quantitative estimate of drug-likeness (QED) is 0.860. The van der Waals surface area contributed by atoms with E-state index in [1.54, 1.807) is 31.4 Å². The Kier molecular flexibility index (Phi) is 2.57. The van der Waals surface area contributed by atoms with Gasteiger partial charge in [-0.2, -0.15) is 0 Å². The molecule has 5 heteroatoms. The van der Waals surface area contributed by atoms with E-state index in [0.717, 1.165) is 16.5 Å². The third kappa shape index (κ3) is 2.00. The summed E-state index contributed by atoms with van der Waals surface area (Å²) < 4.78 is 27.4. The van der Waals surface area contributed by atoms with E-state index < -0.39 is 10.0 Å². The van der Waals surface area contributed by atoms with Crippen LogP contribution in [0.1, 0.15) is 0 Å². The lowest BCUT2D eigenvalue weighted by Gasteiger charge is -2.04. The Labute approximate surface area is 93.7 Å². The molecule has 0 fully saturated rings. The van der Waals surface area contributed by atoms with Crippen LogP contribution in [0.2, 0.25) is 0 Å². The van der Waals surface area contributed by atoms with Crippen LogP contribution in [-0.4, -0.2) is 15.5 Å². The highest BCUT2D eigenvalue weighted by Gasteiger charge is 2.08. The topological polar surface area (TPSA) is 69.4 Å². The van der Waals surface area contributed by atoms with Gasteiger partial charge in [0.1, 0.15) is 5.75 Å². The van der Waals surface area contributed by atoms with Gasteiger partial charge in [-0.05, 0) is 35.0 Å². The number of benzene rings is 2. The summed E-state index contributed by atoms with van der Waals surface area (Å²) in [6, 6.07) is 10.1. The van der Waals surface area contributed by atoms with Crippen molar-refractivity contribution in [2.45, 2.75) is 4.90 Å². The van der Waals surface area contributed by atoms with Gasteiger partial charge in [-0.3, -0.25) is 0 Å². The molecule has 0 aliphatic carbocycles. The molecule has 0 bridgehead atoms. The molecule has 2 aromatic rings. The van der Waals surface area contributed by atoms with Crippen molar-refractivity contribution >= 4 is 20.8 Å². The molecule has 16 heavy (non-hydrogen) atoms. The Balaban J connectivity index is 2.65. The van der Waals surface area contributed by atoms with Gasteiger partial charge in [-0.15, -0.1) is 0 Å². The smallest absolute Gasteiger partial charge is 0.238 e. The lowest BCUT2D eigenvalue weighted by molar-refractivity contribution is 0.415. The Morgan fingerprint density at radius 3 is 2.31 bits per heavy atom. The third-order valence-electron chi connectivity index (χ3n) is 2.35. The number of rotatable bonds is 2. The minimum atomic E-state index is -3.64. The van der Waals surface area contributed by atoms with Crippen LogP contribution in [0, 0.1) is 0 Å². The van der Waals surface area contributed by atoms with Gasteiger partial charge in [-0.25, -0.2) is 13.6 Å². The van der Waals surface area contributed by atoms with Crippen LogP contribution in [0.3, 0.4) is 0 Å². The molecular formula is C11H11NO3S. The molecule has 0 spiro atoms. The number of sulfonamides is 1. The van der Waals surface area contributed by atoms with E-state index in [1.807, 2.05) is 6.07 Å². The standard InChI is InChI=1S/C11H11NO3S/c1-15-10-4-2-9-7-11(16(12,13)14)5-3-8(9)6-10/h2-7H,1H3,(H2,12,13,14). The molecule has 0 saturated carbocycles. The van der Waals surface area contributed by atoms with Crippen molar-refractivity contribution in [2.75, 3.05) is 7.11 Å². The van der Waals surface area contributed by atoms with Crippen molar-refractivity contribution in [3.05, 3.63) is 36.4 Å². The van der Waals surface area contributed by atoms with E-state index in [9.17, 15) is 8.42 Å². The molecular weight excluding hydrogens is 226 g/mol. The maximum absolute atomic E-state index is 11.2. The fourth-order valence-corrected chi connectivity index (χ4v) is 2.05. The van der Waals surface area contributed by atoms with E-state index in [2.05, 4.69) is 0 Å². The van der Waals surface area contributed by atoms with Crippen molar-refractivity contribution in [2.24, 2.45) is 5.14 Å². The van der Waals surface area contributed by atoms with E-state index >= 15 is 0 Å². The van der Waals surface area contributed by atoms with Crippen LogP contribution in [0.4, 0.5) is 0 Å². The van der Waals surface area contributed by atoms with Gasteiger partial charge in [-0.1, -0.05) is 12.1 Å². The first-order valence-electron chi connectivity index (χ1n) is 4.61. The predicted molar refractivity (Wildman–Crippen MR) is 61.9 cm³/mol. The van der Waals surface area contributed by atoms with Crippen molar-refractivity contribution in [3.63, 3.8) is 0 Å².